The van der Waals surface area contributed by atoms with Crippen LogP contribution in [0, 0.1) is 12.3 Å². The second-order valence-corrected chi connectivity index (χ2v) is 6.66. The van der Waals surface area contributed by atoms with E-state index in [2.05, 4.69) is 10.6 Å². The van der Waals surface area contributed by atoms with E-state index in [0.717, 1.165) is 24.1 Å². The largest absolute Gasteiger partial charge is 0.352 e. The Labute approximate surface area is 131 Å². The molecule has 2 aliphatic carbocycles. The van der Waals surface area contributed by atoms with Gasteiger partial charge < -0.3 is 10.6 Å². The number of carbonyl (C=O) groups excluding carboxylic acids is 2. The summed E-state index contributed by atoms with van der Waals surface area (Å²) in [5, 5.41) is 6.03. The van der Waals surface area contributed by atoms with Crippen LogP contribution < -0.4 is 10.6 Å². The van der Waals surface area contributed by atoms with E-state index in [1.807, 2.05) is 31.2 Å². The second-order valence-electron chi connectivity index (χ2n) is 6.66. The number of hydrogen-bond acceptors (Lipinski definition) is 2. The van der Waals surface area contributed by atoms with Crippen molar-refractivity contribution in [3.8, 4) is 0 Å². The van der Waals surface area contributed by atoms with Gasteiger partial charge in [-0.25, -0.2) is 0 Å². The first-order valence-corrected chi connectivity index (χ1v) is 8.30. The molecule has 0 atom stereocenters. The number of anilines is 1. The molecule has 0 spiro atoms. The molecule has 0 aliphatic heterocycles. The summed E-state index contributed by atoms with van der Waals surface area (Å²) in [6.07, 6.45) is 7.00. The summed E-state index contributed by atoms with van der Waals surface area (Å²) in [6, 6.07) is 7.92. The van der Waals surface area contributed by atoms with Crippen LogP contribution in [0.5, 0.6) is 0 Å². The van der Waals surface area contributed by atoms with Gasteiger partial charge in [0, 0.05) is 11.7 Å². The van der Waals surface area contributed by atoms with Crippen molar-refractivity contribution < 1.29 is 9.59 Å². The predicted molar refractivity (Wildman–Crippen MR) is 86.5 cm³/mol. The molecule has 0 aromatic heterocycles. The maximum Gasteiger partial charge on any atom is 0.240 e. The van der Waals surface area contributed by atoms with E-state index in [0.29, 0.717) is 12.8 Å². The average molecular weight is 300 g/mol. The summed E-state index contributed by atoms with van der Waals surface area (Å²) in [7, 11) is 0. The highest BCUT2D eigenvalue weighted by molar-refractivity contribution is 6.13. The van der Waals surface area contributed by atoms with Crippen LogP contribution in [0.4, 0.5) is 5.69 Å². The second kappa shape index (κ2) is 6.11. The molecule has 4 nitrogen and oxygen atoms in total. The third-order valence-electron chi connectivity index (χ3n) is 4.95. The number of amides is 2. The third-order valence-corrected chi connectivity index (χ3v) is 4.95. The van der Waals surface area contributed by atoms with Gasteiger partial charge in [-0.1, -0.05) is 37.5 Å². The smallest absolute Gasteiger partial charge is 0.240 e. The van der Waals surface area contributed by atoms with E-state index in [1.165, 1.54) is 19.3 Å². The Balaban J connectivity index is 1.63. The number of para-hydroxylation sites is 1. The zero-order valence-electron chi connectivity index (χ0n) is 13.2. The lowest BCUT2D eigenvalue weighted by atomic mass is 9.94. The monoisotopic (exact) mass is 300 g/mol. The molecule has 0 heterocycles. The van der Waals surface area contributed by atoms with Crippen LogP contribution in [0.1, 0.15) is 50.5 Å². The first-order valence-electron chi connectivity index (χ1n) is 8.30. The fraction of sp³-hybridized carbons (Fsp3) is 0.556. The first kappa shape index (κ1) is 15.1. The van der Waals surface area contributed by atoms with Gasteiger partial charge in [0.05, 0.1) is 0 Å². The van der Waals surface area contributed by atoms with Crippen LogP contribution in [0.3, 0.4) is 0 Å². The van der Waals surface area contributed by atoms with E-state index in [-0.39, 0.29) is 17.9 Å². The summed E-state index contributed by atoms with van der Waals surface area (Å²) < 4.78 is 0. The van der Waals surface area contributed by atoms with Gasteiger partial charge in [-0.15, -0.1) is 0 Å². The van der Waals surface area contributed by atoms with Crippen LogP contribution in [-0.2, 0) is 9.59 Å². The van der Waals surface area contributed by atoms with Gasteiger partial charge in [0.1, 0.15) is 5.41 Å². The van der Waals surface area contributed by atoms with Crippen molar-refractivity contribution in [2.75, 3.05) is 5.32 Å². The van der Waals surface area contributed by atoms with Crippen molar-refractivity contribution in [1.82, 2.24) is 5.32 Å². The zero-order chi connectivity index (χ0) is 15.6. The summed E-state index contributed by atoms with van der Waals surface area (Å²) in [5.41, 5.74) is 0.975. The topological polar surface area (TPSA) is 58.2 Å². The van der Waals surface area contributed by atoms with E-state index >= 15 is 0 Å². The van der Waals surface area contributed by atoms with Crippen molar-refractivity contribution in [3.05, 3.63) is 29.8 Å². The number of rotatable bonds is 4. The number of carbonyl (C=O) groups is 2. The molecule has 0 bridgehead atoms. The third kappa shape index (κ3) is 3.01. The van der Waals surface area contributed by atoms with Crippen molar-refractivity contribution in [2.24, 2.45) is 5.41 Å². The maximum atomic E-state index is 12.6. The van der Waals surface area contributed by atoms with Gasteiger partial charge in [0.2, 0.25) is 11.8 Å². The van der Waals surface area contributed by atoms with E-state index in [4.69, 9.17) is 0 Å². The molecule has 1 aromatic rings. The van der Waals surface area contributed by atoms with E-state index in [1.54, 1.807) is 0 Å². The van der Waals surface area contributed by atoms with Crippen LogP contribution in [0.25, 0.3) is 0 Å². The van der Waals surface area contributed by atoms with Gasteiger partial charge in [-0.3, -0.25) is 9.59 Å². The molecule has 1 aromatic carbocycles. The number of hydrogen-bond donors (Lipinski definition) is 2. The molecule has 22 heavy (non-hydrogen) atoms. The van der Waals surface area contributed by atoms with Crippen LogP contribution >= 0.6 is 0 Å². The molecular formula is C18H24N2O2. The van der Waals surface area contributed by atoms with E-state index < -0.39 is 5.41 Å². The summed E-state index contributed by atoms with van der Waals surface area (Å²) >= 11 is 0. The molecule has 2 saturated carbocycles. The first-order chi connectivity index (χ1) is 10.6. The normalized spacial score (nSPS) is 20.2. The molecule has 2 aliphatic rings. The fourth-order valence-electron chi connectivity index (χ4n) is 3.21. The lowest BCUT2D eigenvalue weighted by Gasteiger charge is -2.25. The molecular weight excluding hydrogens is 276 g/mol. The van der Waals surface area contributed by atoms with Crippen LogP contribution in [-0.4, -0.2) is 17.9 Å². The van der Waals surface area contributed by atoms with Gasteiger partial charge in [0.15, 0.2) is 0 Å². The number of benzene rings is 1. The highest BCUT2D eigenvalue weighted by Gasteiger charge is 2.56. The van der Waals surface area contributed by atoms with Crippen LogP contribution in [0.15, 0.2) is 24.3 Å². The zero-order valence-corrected chi connectivity index (χ0v) is 13.2. The Morgan fingerprint density at radius 2 is 1.73 bits per heavy atom. The molecule has 3 rings (SSSR count). The molecule has 0 radical (unpaired) electrons. The molecule has 4 heteroatoms. The molecule has 2 amide bonds. The Bertz CT molecular complexity index is 572. The Hall–Kier alpha value is -1.84. The Morgan fingerprint density at radius 3 is 2.36 bits per heavy atom. The van der Waals surface area contributed by atoms with Gasteiger partial charge >= 0.3 is 0 Å². The van der Waals surface area contributed by atoms with Gasteiger partial charge in [-0.05, 0) is 44.2 Å². The van der Waals surface area contributed by atoms with Crippen molar-refractivity contribution in [2.45, 2.75) is 57.9 Å². The van der Waals surface area contributed by atoms with Crippen molar-refractivity contribution in [1.29, 1.82) is 0 Å². The number of aryl methyl sites for hydroxylation is 1. The molecule has 0 unspecified atom stereocenters. The minimum atomic E-state index is -0.834. The van der Waals surface area contributed by atoms with Crippen molar-refractivity contribution in [3.63, 3.8) is 0 Å². The van der Waals surface area contributed by atoms with E-state index in [9.17, 15) is 9.59 Å². The molecule has 118 valence electrons. The quantitative estimate of drug-likeness (QED) is 0.839. The molecule has 2 fully saturated rings. The Morgan fingerprint density at radius 1 is 1.05 bits per heavy atom. The lowest BCUT2D eigenvalue weighted by molar-refractivity contribution is -0.135. The highest BCUT2D eigenvalue weighted by atomic mass is 16.2. The highest BCUT2D eigenvalue weighted by Crippen LogP contribution is 2.47. The van der Waals surface area contributed by atoms with Crippen LogP contribution in [0.2, 0.25) is 0 Å². The summed E-state index contributed by atoms with van der Waals surface area (Å²) in [5.74, 6) is -0.236. The molecule has 2 N–H and O–H groups in total. The SMILES string of the molecule is Cc1ccccc1NC(=O)C1(C(=O)NC2CCCCC2)CC1. The minimum absolute atomic E-state index is 0.0783. The maximum absolute atomic E-state index is 12.6. The summed E-state index contributed by atoms with van der Waals surface area (Å²) in [4.78, 5) is 25.1. The number of nitrogens with one attached hydrogen (secondary N) is 2. The summed E-state index contributed by atoms with van der Waals surface area (Å²) in [6.45, 7) is 1.96. The molecule has 0 saturated heterocycles. The standard InChI is InChI=1S/C18H24N2O2/c1-13-7-5-6-10-15(13)20-17(22)18(11-12-18)16(21)19-14-8-3-2-4-9-14/h5-7,10,14H,2-4,8-9,11-12H2,1H3,(H,19,21)(H,20,22). The van der Waals surface area contributed by atoms with Gasteiger partial charge in [0.25, 0.3) is 0 Å². The fourth-order valence-corrected chi connectivity index (χ4v) is 3.21. The average Bonchev–Trinajstić information content (AvgIpc) is 3.32. The lowest BCUT2D eigenvalue weighted by Crippen LogP contribution is -2.45. The van der Waals surface area contributed by atoms with Crippen molar-refractivity contribution >= 4 is 17.5 Å². The van der Waals surface area contributed by atoms with Gasteiger partial charge in [-0.2, -0.15) is 0 Å². The minimum Gasteiger partial charge on any atom is -0.352 e. The Kier molecular flexibility index (Phi) is 4.19. The predicted octanol–water partition coefficient (Wildman–Crippen LogP) is 3.16.